The Bertz CT molecular complexity index is 984. The van der Waals surface area contributed by atoms with E-state index in [0.29, 0.717) is 32.6 Å². The van der Waals surface area contributed by atoms with Crippen molar-refractivity contribution in [3.63, 3.8) is 0 Å². The number of ether oxygens (including phenoxy) is 1. The molecule has 1 heterocycles. The fourth-order valence-electron chi connectivity index (χ4n) is 3.99. The minimum atomic E-state index is -0.836. The quantitative estimate of drug-likeness (QED) is 0.494. The predicted octanol–water partition coefficient (Wildman–Crippen LogP) is 3.28. The van der Waals surface area contributed by atoms with E-state index in [1.807, 2.05) is 31.2 Å². The van der Waals surface area contributed by atoms with Crippen LogP contribution in [0.5, 0.6) is 5.75 Å². The van der Waals surface area contributed by atoms with Gasteiger partial charge in [0.15, 0.2) is 5.75 Å². The predicted molar refractivity (Wildman–Crippen MR) is 118 cm³/mol. The molecule has 9 heteroatoms. The molecule has 1 saturated heterocycles. The normalized spacial score (nSPS) is 15.2. The number of hydrogen-bond acceptors (Lipinski definition) is 6. The van der Waals surface area contributed by atoms with Crippen LogP contribution in [0.3, 0.4) is 0 Å². The SMILES string of the molecule is COc1ccc(C(=O)N2CCN([C@@H](CCC(=O)O)c3ccc(C)cc3)CC2)cc1[N+](=O)[O-]. The summed E-state index contributed by atoms with van der Waals surface area (Å²) in [6.07, 6.45) is 0.546. The van der Waals surface area contributed by atoms with Crippen molar-refractivity contribution in [3.05, 3.63) is 69.3 Å². The number of hydrogen-bond donors (Lipinski definition) is 1. The van der Waals surface area contributed by atoms with Crippen LogP contribution in [0.25, 0.3) is 0 Å². The third-order valence-electron chi connectivity index (χ3n) is 5.76. The number of nitro benzene ring substituents is 1. The zero-order chi connectivity index (χ0) is 23.3. The van der Waals surface area contributed by atoms with Crippen LogP contribution in [0, 0.1) is 17.0 Å². The van der Waals surface area contributed by atoms with E-state index in [2.05, 4.69) is 4.90 Å². The van der Waals surface area contributed by atoms with Crippen molar-refractivity contribution in [2.24, 2.45) is 0 Å². The molecule has 32 heavy (non-hydrogen) atoms. The molecular formula is C23H27N3O6. The number of carboxylic acid groups (broad SMARTS) is 1. The third kappa shape index (κ3) is 5.42. The number of aryl methyl sites for hydroxylation is 1. The van der Waals surface area contributed by atoms with Gasteiger partial charge in [-0.3, -0.25) is 24.6 Å². The number of nitro groups is 1. The number of benzene rings is 2. The summed E-state index contributed by atoms with van der Waals surface area (Å²) in [5.41, 5.74) is 2.19. The van der Waals surface area contributed by atoms with Crippen LogP contribution in [0.2, 0.25) is 0 Å². The van der Waals surface area contributed by atoms with Gasteiger partial charge < -0.3 is 14.7 Å². The maximum absolute atomic E-state index is 12.9. The number of amides is 1. The van der Waals surface area contributed by atoms with E-state index < -0.39 is 10.9 Å². The van der Waals surface area contributed by atoms with Gasteiger partial charge in [0.25, 0.3) is 5.91 Å². The van der Waals surface area contributed by atoms with Crippen molar-refractivity contribution in [2.45, 2.75) is 25.8 Å². The molecule has 9 nitrogen and oxygen atoms in total. The molecule has 1 aliphatic heterocycles. The van der Waals surface area contributed by atoms with Crippen molar-refractivity contribution >= 4 is 17.6 Å². The molecule has 3 rings (SSSR count). The second-order valence-electron chi connectivity index (χ2n) is 7.83. The molecule has 0 bridgehead atoms. The summed E-state index contributed by atoms with van der Waals surface area (Å²) in [5.74, 6) is -0.999. The van der Waals surface area contributed by atoms with E-state index in [1.54, 1.807) is 4.90 Å². The molecule has 1 fully saturated rings. The van der Waals surface area contributed by atoms with Gasteiger partial charge in [-0.15, -0.1) is 0 Å². The zero-order valence-electron chi connectivity index (χ0n) is 18.2. The van der Waals surface area contributed by atoms with Crippen molar-refractivity contribution in [2.75, 3.05) is 33.3 Å². The topological polar surface area (TPSA) is 113 Å². The molecule has 0 aliphatic carbocycles. The maximum Gasteiger partial charge on any atom is 0.311 e. The molecule has 2 aromatic carbocycles. The fraction of sp³-hybridized carbons (Fsp3) is 0.391. The van der Waals surface area contributed by atoms with E-state index in [4.69, 9.17) is 9.84 Å². The monoisotopic (exact) mass is 441 g/mol. The van der Waals surface area contributed by atoms with Crippen LogP contribution in [0.15, 0.2) is 42.5 Å². The van der Waals surface area contributed by atoms with E-state index >= 15 is 0 Å². The standard InChI is InChI=1S/C23H27N3O6/c1-16-3-5-17(6-4-16)19(8-10-22(27)28)24-11-13-25(14-12-24)23(29)18-7-9-21(32-2)20(15-18)26(30)31/h3-7,9,15,19H,8,10-14H2,1-2H3,(H,27,28)/t19-/m0/s1. The van der Waals surface area contributed by atoms with Gasteiger partial charge in [0.2, 0.25) is 0 Å². The summed E-state index contributed by atoms with van der Waals surface area (Å²) < 4.78 is 5.00. The molecule has 0 unspecified atom stereocenters. The number of carbonyl (C=O) groups excluding carboxylic acids is 1. The summed E-state index contributed by atoms with van der Waals surface area (Å²) in [4.78, 5) is 38.7. The van der Waals surface area contributed by atoms with Crippen LogP contribution >= 0.6 is 0 Å². The number of rotatable bonds is 8. The lowest BCUT2D eigenvalue weighted by molar-refractivity contribution is -0.385. The Morgan fingerprint density at radius 1 is 1.12 bits per heavy atom. The second-order valence-corrected chi connectivity index (χ2v) is 7.83. The Labute approximate surface area is 186 Å². The summed E-state index contributed by atoms with van der Waals surface area (Å²) in [6.45, 7) is 4.08. The Morgan fingerprint density at radius 2 is 1.78 bits per heavy atom. The van der Waals surface area contributed by atoms with Gasteiger partial charge in [0, 0.05) is 50.3 Å². The second kappa shape index (κ2) is 10.2. The molecule has 0 aromatic heterocycles. The van der Waals surface area contributed by atoms with Crippen LogP contribution in [-0.4, -0.2) is 65.0 Å². The smallest absolute Gasteiger partial charge is 0.311 e. The highest BCUT2D eigenvalue weighted by Crippen LogP contribution is 2.30. The largest absolute Gasteiger partial charge is 0.490 e. The number of piperazine rings is 1. The summed E-state index contributed by atoms with van der Waals surface area (Å²) in [7, 11) is 1.35. The van der Waals surface area contributed by atoms with Gasteiger partial charge in [-0.1, -0.05) is 29.8 Å². The van der Waals surface area contributed by atoms with Gasteiger partial charge in [0.1, 0.15) is 0 Å². The highest BCUT2D eigenvalue weighted by molar-refractivity contribution is 5.95. The van der Waals surface area contributed by atoms with Gasteiger partial charge in [-0.05, 0) is 31.0 Å². The van der Waals surface area contributed by atoms with Gasteiger partial charge in [-0.2, -0.15) is 0 Å². The van der Waals surface area contributed by atoms with E-state index in [1.165, 1.54) is 25.3 Å². The van der Waals surface area contributed by atoms with Crippen LogP contribution in [-0.2, 0) is 4.79 Å². The number of aliphatic carboxylic acids is 1. The number of methoxy groups -OCH3 is 1. The molecule has 1 aliphatic rings. The third-order valence-corrected chi connectivity index (χ3v) is 5.76. The maximum atomic E-state index is 12.9. The number of carbonyl (C=O) groups is 2. The Balaban J connectivity index is 1.71. The van der Waals surface area contributed by atoms with Crippen LogP contribution < -0.4 is 4.74 Å². The van der Waals surface area contributed by atoms with Gasteiger partial charge in [-0.25, -0.2) is 0 Å². The first-order valence-corrected chi connectivity index (χ1v) is 10.4. The zero-order valence-corrected chi connectivity index (χ0v) is 18.2. The van der Waals surface area contributed by atoms with Crippen molar-refractivity contribution in [1.82, 2.24) is 9.80 Å². The highest BCUT2D eigenvalue weighted by Gasteiger charge is 2.29. The molecule has 2 aromatic rings. The van der Waals surface area contributed by atoms with Crippen molar-refractivity contribution in [3.8, 4) is 5.75 Å². The lowest BCUT2D eigenvalue weighted by Crippen LogP contribution is -2.49. The highest BCUT2D eigenvalue weighted by atomic mass is 16.6. The average molecular weight is 441 g/mol. The molecule has 1 N–H and O–H groups in total. The molecular weight excluding hydrogens is 414 g/mol. The minimum absolute atomic E-state index is 0.0500. The van der Waals surface area contributed by atoms with E-state index in [-0.39, 0.29) is 35.4 Å². The number of nitrogens with zero attached hydrogens (tertiary/aromatic N) is 3. The van der Waals surface area contributed by atoms with Gasteiger partial charge >= 0.3 is 11.7 Å². The molecule has 1 atom stereocenters. The molecule has 0 saturated carbocycles. The lowest BCUT2D eigenvalue weighted by Gasteiger charge is -2.39. The first-order chi connectivity index (χ1) is 15.3. The van der Waals surface area contributed by atoms with Gasteiger partial charge in [0.05, 0.1) is 12.0 Å². The Morgan fingerprint density at radius 3 is 2.34 bits per heavy atom. The molecule has 0 spiro atoms. The molecule has 0 radical (unpaired) electrons. The summed E-state index contributed by atoms with van der Waals surface area (Å²) in [5, 5.41) is 20.4. The minimum Gasteiger partial charge on any atom is -0.490 e. The lowest BCUT2D eigenvalue weighted by atomic mass is 9.98. The summed E-state index contributed by atoms with van der Waals surface area (Å²) >= 11 is 0. The van der Waals surface area contributed by atoms with Crippen LogP contribution in [0.4, 0.5) is 5.69 Å². The van der Waals surface area contributed by atoms with Crippen molar-refractivity contribution < 1.29 is 24.4 Å². The first kappa shape index (κ1) is 23.2. The molecule has 170 valence electrons. The molecule has 1 amide bonds. The Kier molecular flexibility index (Phi) is 7.42. The summed E-state index contributed by atoms with van der Waals surface area (Å²) in [6, 6.07) is 12.2. The van der Waals surface area contributed by atoms with E-state index in [9.17, 15) is 19.7 Å². The van der Waals surface area contributed by atoms with E-state index in [0.717, 1.165) is 11.1 Å². The van der Waals surface area contributed by atoms with Crippen LogP contribution in [0.1, 0.15) is 40.4 Å². The first-order valence-electron chi connectivity index (χ1n) is 10.4. The van der Waals surface area contributed by atoms with Crippen molar-refractivity contribution in [1.29, 1.82) is 0 Å². The average Bonchev–Trinajstić information content (AvgIpc) is 2.79. The number of carboxylic acids is 1. The Hall–Kier alpha value is -3.46. The fourth-order valence-corrected chi connectivity index (χ4v) is 3.99.